The van der Waals surface area contributed by atoms with E-state index in [1.807, 2.05) is 0 Å². The quantitative estimate of drug-likeness (QED) is 0.859. The first-order valence-electron chi connectivity index (χ1n) is 9.37. The summed E-state index contributed by atoms with van der Waals surface area (Å²) in [7, 11) is 0. The molecule has 8 nitrogen and oxygen atoms in total. The number of carbonyl (C=O) groups excluding carboxylic acids is 3. The molecule has 2 heterocycles. The van der Waals surface area contributed by atoms with Crippen molar-refractivity contribution < 1.29 is 23.9 Å². The number of amides is 3. The minimum Gasteiger partial charge on any atom is -0.454 e. The molecule has 0 aromatic heterocycles. The maximum Gasteiger partial charge on any atom is 0.255 e. The summed E-state index contributed by atoms with van der Waals surface area (Å²) >= 11 is 0. The molecule has 0 radical (unpaired) electrons. The summed E-state index contributed by atoms with van der Waals surface area (Å²) in [5.41, 5.74) is 1.56. The van der Waals surface area contributed by atoms with Crippen molar-refractivity contribution in [3.8, 4) is 11.5 Å². The molecule has 2 aromatic carbocycles. The Bertz CT molecular complexity index is 949. The lowest BCUT2D eigenvalue weighted by molar-refractivity contribution is -0.130. The summed E-state index contributed by atoms with van der Waals surface area (Å²) in [5, 5.41) is 2.81. The Morgan fingerprint density at radius 3 is 2.14 bits per heavy atom. The second kappa shape index (κ2) is 7.83. The summed E-state index contributed by atoms with van der Waals surface area (Å²) in [6.07, 6.45) is 0. The zero-order valence-corrected chi connectivity index (χ0v) is 16.0. The van der Waals surface area contributed by atoms with Crippen LogP contribution in [-0.4, -0.2) is 60.5 Å². The van der Waals surface area contributed by atoms with Gasteiger partial charge in [0.2, 0.25) is 12.7 Å². The summed E-state index contributed by atoms with van der Waals surface area (Å²) in [5.74, 6) is 0.882. The van der Waals surface area contributed by atoms with Crippen LogP contribution in [0.15, 0.2) is 42.5 Å². The van der Waals surface area contributed by atoms with Crippen LogP contribution in [-0.2, 0) is 4.79 Å². The number of hydrogen-bond acceptors (Lipinski definition) is 5. The van der Waals surface area contributed by atoms with Crippen LogP contribution in [0.25, 0.3) is 0 Å². The van der Waals surface area contributed by atoms with Gasteiger partial charge in [0, 0.05) is 56.0 Å². The SMILES string of the molecule is CC(=O)N1CCN(C(=O)c2ccc(C(=O)Nc3ccc4c(c3)OCO4)cc2)CC1. The van der Waals surface area contributed by atoms with E-state index < -0.39 is 0 Å². The van der Waals surface area contributed by atoms with Crippen molar-refractivity contribution in [2.24, 2.45) is 0 Å². The molecule has 0 spiro atoms. The molecule has 2 aliphatic rings. The minimum atomic E-state index is -0.280. The molecule has 3 amide bonds. The first kappa shape index (κ1) is 18.8. The minimum absolute atomic E-state index is 0.0231. The zero-order chi connectivity index (χ0) is 20.4. The molecule has 150 valence electrons. The number of ether oxygens (including phenoxy) is 2. The maximum absolute atomic E-state index is 12.7. The van der Waals surface area contributed by atoms with Gasteiger partial charge in [0.05, 0.1) is 0 Å². The van der Waals surface area contributed by atoms with Crippen molar-refractivity contribution in [2.45, 2.75) is 6.92 Å². The van der Waals surface area contributed by atoms with E-state index in [4.69, 9.17) is 9.47 Å². The predicted octanol–water partition coefficient (Wildman–Crippen LogP) is 1.97. The molecule has 29 heavy (non-hydrogen) atoms. The fourth-order valence-electron chi connectivity index (χ4n) is 3.35. The Morgan fingerprint density at radius 2 is 1.45 bits per heavy atom. The van der Waals surface area contributed by atoms with Crippen molar-refractivity contribution in [2.75, 3.05) is 38.3 Å². The van der Waals surface area contributed by atoms with Crippen molar-refractivity contribution in [1.29, 1.82) is 0 Å². The van der Waals surface area contributed by atoms with Gasteiger partial charge in [0.1, 0.15) is 0 Å². The van der Waals surface area contributed by atoms with E-state index in [-0.39, 0.29) is 24.5 Å². The maximum atomic E-state index is 12.7. The summed E-state index contributed by atoms with van der Waals surface area (Å²) in [6.45, 7) is 3.79. The molecule has 0 saturated carbocycles. The monoisotopic (exact) mass is 395 g/mol. The summed E-state index contributed by atoms with van der Waals surface area (Å²) in [4.78, 5) is 40.0. The highest BCUT2D eigenvalue weighted by molar-refractivity contribution is 6.05. The Kier molecular flexibility index (Phi) is 5.07. The van der Waals surface area contributed by atoms with Gasteiger partial charge in [-0.15, -0.1) is 0 Å². The van der Waals surface area contributed by atoms with E-state index in [2.05, 4.69) is 5.32 Å². The largest absolute Gasteiger partial charge is 0.454 e. The van der Waals surface area contributed by atoms with Gasteiger partial charge in [-0.25, -0.2) is 0 Å². The van der Waals surface area contributed by atoms with Gasteiger partial charge in [0.25, 0.3) is 11.8 Å². The average molecular weight is 395 g/mol. The molecule has 0 unspecified atom stereocenters. The van der Waals surface area contributed by atoms with E-state index in [1.54, 1.807) is 52.3 Å². The molecule has 0 atom stereocenters. The third-order valence-electron chi connectivity index (χ3n) is 5.04. The van der Waals surface area contributed by atoms with Crippen LogP contribution < -0.4 is 14.8 Å². The van der Waals surface area contributed by atoms with Crippen LogP contribution in [0, 0.1) is 0 Å². The fraction of sp³-hybridized carbons (Fsp3) is 0.286. The topological polar surface area (TPSA) is 88.2 Å². The van der Waals surface area contributed by atoms with Gasteiger partial charge in [-0.1, -0.05) is 0 Å². The normalized spacial score (nSPS) is 15.2. The number of nitrogens with zero attached hydrogens (tertiary/aromatic N) is 2. The van der Waals surface area contributed by atoms with Gasteiger partial charge in [0.15, 0.2) is 11.5 Å². The lowest BCUT2D eigenvalue weighted by Crippen LogP contribution is -2.50. The number of rotatable bonds is 3. The number of piperazine rings is 1. The van der Waals surface area contributed by atoms with Crippen LogP contribution in [0.4, 0.5) is 5.69 Å². The molecule has 0 aliphatic carbocycles. The van der Waals surface area contributed by atoms with Gasteiger partial charge in [-0.2, -0.15) is 0 Å². The number of fused-ring (bicyclic) bond motifs is 1. The predicted molar refractivity (Wildman–Crippen MR) is 105 cm³/mol. The van der Waals surface area contributed by atoms with Crippen molar-refractivity contribution in [3.05, 3.63) is 53.6 Å². The van der Waals surface area contributed by atoms with Crippen LogP contribution in [0.2, 0.25) is 0 Å². The average Bonchev–Trinajstić information content (AvgIpc) is 3.21. The van der Waals surface area contributed by atoms with Crippen molar-refractivity contribution in [3.63, 3.8) is 0 Å². The molecule has 2 aromatic rings. The summed E-state index contributed by atoms with van der Waals surface area (Å²) in [6, 6.07) is 11.7. The fourth-order valence-corrected chi connectivity index (χ4v) is 3.35. The second-order valence-corrected chi connectivity index (χ2v) is 6.90. The molecular weight excluding hydrogens is 374 g/mol. The standard InChI is InChI=1S/C21H21N3O5/c1-14(25)23-8-10-24(11-9-23)21(27)16-4-2-15(3-5-16)20(26)22-17-6-7-18-19(12-17)29-13-28-18/h2-7,12H,8-11,13H2,1H3,(H,22,26). The Morgan fingerprint density at radius 1 is 0.828 bits per heavy atom. The first-order valence-corrected chi connectivity index (χ1v) is 9.37. The van der Waals surface area contributed by atoms with E-state index in [9.17, 15) is 14.4 Å². The summed E-state index contributed by atoms with van der Waals surface area (Å²) < 4.78 is 10.6. The molecule has 1 N–H and O–H groups in total. The van der Waals surface area contributed by atoms with Crippen molar-refractivity contribution >= 4 is 23.4 Å². The second-order valence-electron chi connectivity index (χ2n) is 6.90. The Hall–Kier alpha value is -3.55. The first-order chi connectivity index (χ1) is 14.0. The molecule has 0 bridgehead atoms. The van der Waals surface area contributed by atoms with Gasteiger partial charge in [-0.05, 0) is 36.4 Å². The molecule has 8 heteroatoms. The number of nitrogens with one attached hydrogen (secondary N) is 1. The van der Waals surface area contributed by atoms with Gasteiger partial charge < -0.3 is 24.6 Å². The number of carbonyl (C=O) groups is 3. The highest BCUT2D eigenvalue weighted by atomic mass is 16.7. The van der Waals surface area contributed by atoms with Crippen LogP contribution >= 0.6 is 0 Å². The Balaban J connectivity index is 1.38. The van der Waals surface area contributed by atoms with E-state index in [1.165, 1.54) is 6.92 Å². The van der Waals surface area contributed by atoms with Crippen LogP contribution in [0.1, 0.15) is 27.6 Å². The van der Waals surface area contributed by atoms with E-state index >= 15 is 0 Å². The highest BCUT2D eigenvalue weighted by Gasteiger charge is 2.23. The Labute approximate surface area is 168 Å². The molecule has 2 aliphatic heterocycles. The smallest absolute Gasteiger partial charge is 0.255 e. The molecular formula is C21H21N3O5. The molecule has 1 saturated heterocycles. The lowest BCUT2D eigenvalue weighted by Gasteiger charge is -2.34. The zero-order valence-electron chi connectivity index (χ0n) is 16.0. The van der Waals surface area contributed by atoms with Crippen LogP contribution in [0.5, 0.6) is 11.5 Å². The van der Waals surface area contributed by atoms with Crippen molar-refractivity contribution in [1.82, 2.24) is 9.80 Å². The highest BCUT2D eigenvalue weighted by Crippen LogP contribution is 2.34. The van der Waals surface area contributed by atoms with E-state index in [0.717, 1.165) is 0 Å². The van der Waals surface area contributed by atoms with Gasteiger partial charge in [-0.3, -0.25) is 14.4 Å². The number of hydrogen-bond donors (Lipinski definition) is 1. The molecule has 4 rings (SSSR count). The van der Waals surface area contributed by atoms with E-state index in [0.29, 0.717) is 54.5 Å². The van der Waals surface area contributed by atoms with Crippen LogP contribution in [0.3, 0.4) is 0 Å². The molecule has 1 fully saturated rings. The number of benzene rings is 2. The third-order valence-corrected chi connectivity index (χ3v) is 5.04. The lowest BCUT2D eigenvalue weighted by atomic mass is 10.1. The number of anilines is 1. The third kappa shape index (κ3) is 4.01. The van der Waals surface area contributed by atoms with Gasteiger partial charge >= 0.3 is 0 Å².